The quantitative estimate of drug-likeness (QED) is 0.445. The molecule has 1 aromatic carbocycles. The molecular formula is C19H28BrNO3. The van der Waals surface area contributed by atoms with E-state index in [4.69, 9.17) is 9.47 Å². The molecule has 1 atom stereocenters. The van der Waals surface area contributed by atoms with Gasteiger partial charge in [-0.1, -0.05) is 34.1 Å². The molecule has 0 amide bonds. The van der Waals surface area contributed by atoms with Gasteiger partial charge in [0.05, 0.1) is 13.2 Å². The molecule has 0 fully saturated rings. The SMILES string of the molecule is CCOC(=O)CCCN(CCBr)CCC1COc2ccccc2C1. The molecule has 0 N–H and O–H groups in total. The fourth-order valence-corrected chi connectivity index (χ4v) is 3.58. The lowest BCUT2D eigenvalue weighted by molar-refractivity contribution is -0.143. The van der Waals surface area contributed by atoms with Gasteiger partial charge < -0.3 is 14.4 Å². The van der Waals surface area contributed by atoms with Crippen molar-refractivity contribution in [1.82, 2.24) is 4.90 Å². The van der Waals surface area contributed by atoms with Crippen molar-refractivity contribution < 1.29 is 14.3 Å². The van der Waals surface area contributed by atoms with Crippen LogP contribution < -0.4 is 4.74 Å². The number of ether oxygens (including phenoxy) is 2. The Morgan fingerprint density at radius 2 is 2.17 bits per heavy atom. The number of esters is 1. The Morgan fingerprint density at radius 3 is 2.96 bits per heavy atom. The van der Waals surface area contributed by atoms with Crippen LogP contribution in [0.3, 0.4) is 0 Å². The van der Waals surface area contributed by atoms with E-state index >= 15 is 0 Å². The van der Waals surface area contributed by atoms with Crippen molar-refractivity contribution in [3.05, 3.63) is 29.8 Å². The van der Waals surface area contributed by atoms with Crippen molar-refractivity contribution >= 4 is 21.9 Å². The average molecular weight is 398 g/mol. The van der Waals surface area contributed by atoms with Gasteiger partial charge in [0, 0.05) is 18.3 Å². The summed E-state index contributed by atoms with van der Waals surface area (Å²) in [4.78, 5) is 13.9. The predicted molar refractivity (Wildman–Crippen MR) is 99.8 cm³/mol. The molecule has 0 spiro atoms. The Morgan fingerprint density at radius 1 is 1.33 bits per heavy atom. The lowest BCUT2D eigenvalue weighted by atomic mass is 9.94. The summed E-state index contributed by atoms with van der Waals surface area (Å²) in [5.74, 6) is 1.52. The molecule has 0 radical (unpaired) electrons. The van der Waals surface area contributed by atoms with Crippen molar-refractivity contribution in [2.75, 3.05) is 38.2 Å². The second kappa shape index (κ2) is 10.7. The first-order valence-electron chi connectivity index (χ1n) is 8.87. The monoisotopic (exact) mass is 397 g/mol. The summed E-state index contributed by atoms with van der Waals surface area (Å²) < 4.78 is 10.9. The van der Waals surface area contributed by atoms with E-state index < -0.39 is 0 Å². The number of carbonyl (C=O) groups excluding carboxylic acids is 1. The fraction of sp³-hybridized carbons (Fsp3) is 0.632. The zero-order chi connectivity index (χ0) is 17.2. The topological polar surface area (TPSA) is 38.8 Å². The predicted octanol–water partition coefficient (Wildman–Crippen LogP) is 3.67. The largest absolute Gasteiger partial charge is 0.493 e. The van der Waals surface area contributed by atoms with Gasteiger partial charge in [0.15, 0.2) is 0 Å². The number of alkyl halides is 1. The van der Waals surface area contributed by atoms with E-state index in [1.54, 1.807) is 0 Å². The summed E-state index contributed by atoms with van der Waals surface area (Å²) >= 11 is 3.53. The molecule has 0 saturated heterocycles. The van der Waals surface area contributed by atoms with Crippen LogP contribution in [0.2, 0.25) is 0 Å². The highest BCUT2D eigenvalue weighted by molar-refractivity contribution is 9.09. The van der Waals surface area contributed by atoms with E-state index in [1.165, 1.54) is 5.56 Å². The van der Waals surface area contributed by atoms with E-state index in [-0.39, 0.29) is 5.97 Å². The molecule has 1 heterocycles. The molecule has 5 heteroatoms. The van der Waals surface area contributed by atoms with Gasteiger partial charge in [0.2, 0.25) is 0 Å². The molecule has 4 nitrogen and oxygen atoms in total. The number of nitrogens with zero attached hydrogens (tertiary/aromatic N) is 1. The van der Waals surface area contributed by atoms with Gasteiger partial charge in [-0.05, 0) is 56.8 Å². The Hall–Kier alpha value is -1.07. The summed E-state index contributed by atoms with van der Waals surface area (Å²) in [5, 5.41) is 0.955. The minimum atomic E-state index is -0.0893. The zero-order valence-electron chi connectivity index (χ0n) is 14.5. The van der Waals surface area contributed by atoms with Crippen LogP contribution in [-0.2, 0) is 16.0 Å². The van der Waals surface area contributed by atoms with E-state index in [1.807, 2.05) is 13.0 Å². The number of carbonyl (C=O) groups is 1. The number of fused-ring (bicyclic) bond motifs is 1. The van der Waals surface area contributed by atoms with Crippen LogP contribution in [0.4, 0.5) is 0 Å². The first kappa shape index (κ1) is 19.3. The van der Waals surface area contributed by atoms with E-state index in [2.05, 4.69) is 39.0 Å². The van der Waals surface area contributed by atoms with Gasteiger partial charge in [0.1, 0.15) is 5.75 Å². The first-order valence-corrected chi connectivity index (χ1v) is 9.99. The third-order valence-corrected chi connectivity index (χ3v) is 4.73. The second-order valence-electron chi connectivity index (χ2n) is 6.22. The summed E-state index contributed by atoms with van der Waals surface area (Å²) in [7, 11) is 0. The first-order chi connectivity index (χ1) is 11.7. The molecule has 0 aliphatic carbocycles. The summed E-state index contributed by atoms with van der Waals surface area (Å²) in [6.45, 7) is 6.11. The summed E-state index contributed by atoms with van der Waals surface area (Å²) in [5.41, 5.74) is 1.32. The van der Waals surface area contributed by atoms with Crippen molar-refractivity contribution in [3.63, 3.8) is 0 Å². The maximum Gasteiger partial charge on any atom is 0.305 e. The average Bonchev–Trinajstić information content (AvgIpc) is 2.59. The molecule has 24 heavy (non-hydrogen) atoms. The number of hydrogen-bond acceptors (Lipinski definition) is 4. The van der Waals surface area contributed by atoms with Crippen LogP contribution in [0.15, 0.2) is 24.3 Å². The number of para-hydroxylation sites is 1. The second-order valence-corrected chi connectivity index (χ2v) is 7.01. The number of rotatable bonds is 10. The summed E-state index contributed by atoms with van der Waals surface area (Å²) in [6.07, 6.45) is 3.59. The highest BCUT2D eigenvalue weighted by Gasteiger charge is 2.20. The van der Waals surface area contributed by atoms with Gasteiger partial charge in [-0.15, -0.1) is 0 Å². The maximum atomic E-state index is 11.4. The molecule has 1 unspecified atom stereocenters. The minimum absolute atomic E-state index is 0.0893. The molecule has 1 aliphatic rings. The normalized spacial score (nSPS) is 16.5. The molecule has 1 aliphatic heterocycles. The molecule has 134 valence electrons. The minimum Gasteiger partial charge on any atom is -0.493 e. The van der Waals surface area contributed by atoms with Gasteiger partial charge in [-0.3, -0.25) is 4.79 Å². The third kappa shape index (κ3) is 6.44. The highest BCUT2D eigenvalue weighted by Crippen LogP contribution is 2.28. The van der Waals surface area contributed by atoms with Crippen LogP contribution in [-0.4, -0.2) is 49.0 Å². The lowest BCUT2D eigenvalue weighted by Gasteiger charge is -2.28. The van der Waals surface area contributed by atoms with Gasteiger partial charge in [-0.2, -0.15) is 0 Å². The van der Waals surface area contributed by atoms with Crippen LogP contribution in [0, 0.1) is 5.92 Å². The van der Waals surface area contributed by atoms with Crippen LogP contribution in [0.5, 0.6) is 5.75 Å². The van der Waals surface area contributed by atoms with E-state index in [9.17, 15) is 4.79 Å². The molecular weight excluding hydrogens is 370 g/mol. The lowest BCUT2D eigenvalue weighted by Crippen LogP contribution is -2.32. The Bertz CT molecular complexity index is 509. The van der Waals surface area contributed by atoms with E-state index in [0.717, 1.165) is 56.6 Å². The number of halogens is 1. The Kier molecular flexibility index (Phi) is 8.60. The summed E-state index contributed by atoms with van der Waals surface area (Å²) in [6, 6.07) is 8.33. The van der Waals surface area contributed by atoms with Gasteiger partial charge >= 0.3 is 5.97 Å². The van der Waals surface area contributed by atoms with Crippen LogP contribution in [0.1, 0.15) is 31.7 Å². The number of benzene rings is 1. The maximum absolute atomic E-state index is 11.4. The van der Waals surface area contributed by atoms with Crippen molar-refractivity contribution in [3.8, 4) is 5.75 Å². The van der Waals surface area contributed by atoms with Crippen LogP contribution in [0.25, 0.3) is 0 Å². The molecule has 0 aromatic heterocycles. The third-order valence-electron chi connectivity index (χ3n) is 4.37. The standard InChI is InChI=1S/C19H28BrNO3/c1-2-23-19(22)8-5-11-21(13-10-20)12-9-16-14-17-6-3-4-7-18(17)24-15-16/h3-4,6-7,16H,2,5,8-15H2,1H3. The Labute approximate surface area is 153 Å². The molecule has 0 bridgehead atoms. The molecule has 1 aromatic rings. The van der Waals surface area contributed by atoms with Gasteiger partial charge in [-0.25, -0.2) is 0 Å². The van der Waals surface area contributed by atoms with Crippen molar-refractivity contribution in [2.45, 2.75) is 32.6 Å². The zero-order valence-corrected chi connectivity index (χ0v) is 16.1. The van der Waals surface area contributed by atoms with Crippen molar-refractivity contribution in [1.29, 1.82) is 0 Å². The van der Waals surface area contributed by atoms with E-state index in [0.29, 0.717) is 18.9 Å². The molecule has 2 rings (SSSR count). The smallest absolute Gasteiger partial charge is 0.305 e. The van der Waals surface area contributed by atoms with Crippen molar-refractivity contribution in [2.24, 2.45) is 5.92 Å². The van der Waals surface area contributed by atoms with Crippen LogP contribution >= 0.6 is 15.9 Å². The molecule has 0 saturated carbocycles. The number of hydrogen-bond donors (Lipinski definition) is 0. The van der Waals surface area contributed by atoms with Gasteiger partial charge in [0.25, 0.3) is 0 Å². The highest BCUT2D eigenvalue weighted by atomic mass is 79.9. The fourth-order valence-electron chi connectivity index (χ4n) is 3.08. The Balaban J connectivity index is 1.72.